The molecule has 0 saturated heterocycles. The minimum atomic E-state index is -0.0307. The molecule has 0 N–H and O–H groups in total. The van der Waals surface area contributed by atoms with E-state index in [-0.39, 0.29) is 5.41 Å². The Labute approximate surface area is 195 Å². The lowest BCUT2D eigenvalue weighted by molar-refractivity contribution is 0.301. The van der Waals surface area contributed by atoms with Gasteiger partial charge in [-0.1, -0.05) is 65.7 Å². The lowest BCUT2D eigenvalue weighted by Crippen LogP contribution is -2.08. The highest BCUT2D eigenvalue weighted by Crippen LogP contribution is 2.28. The minimum absolute atomic E-state index is 0.0307. The molecule has 0 radical (unpaired) electrons. The predicted octanol–water partition coefficient (Wildman–Crippen LogP) is 7.45. The second-order valence-electron chi connectivity index (χ2n) is 8.35. The molecule has 3 rings (SSSR count). The third-order valence-corrected chi connectivity index (χ3v) is 5.51. The van der Waals surface area contributed by atoms with Crippen molar-refractivity contribution in [1.29, 1.82) is 0 Å². The van der Waals surface area contributed by atoms with Crippen LogP contribution in [0.1, 0.15) is 44.9 Å². The molecular weight excluding hydrogens is 418 g/mol. The van der Waals surface area contributed by atoms with E-state index in [1.54, 1.807) is 4.68 Å². The highest BCUT2D eigenvalue weighted by atomic mass is 35.5. The summed E-state index contributed by atoms with van der Waals surface area (Å²) in [6.07, 6.45) is 12.6. The molecule has 1 aromatic heterocycles. The fraction of sp³-hybridized carbons (Fsp3) is 0.259. The van der Waals surface area contributed by atoms with Crippen molar-refractivity contribution >= 4 is 17.7 Å². The van der Waals surface area contributed by atoms with E-state index in [1.165, 1.54) is 5.57 Å². The van der Waals surface area contributed by atoms with E-state index < -0.39 is 0 Å². The molecule has 166 valence electrons. The minimum Gasteiger partial charge on any atom is -0.487 e. The molecule has 5 heteroatoms. The number of nitrogens with zero attached hydrogens (tertiary/aromatic N) is 3. The van der Waals surface area contributed by atoms with Gasteiger partial charge in [-0.25, -0.2) is 4.68 Å². The van der Waals surface area contributed by atoms with Crippen LogP contribution in [0.5, 0.6) is 5.75 Å². The molecule has 0 aliphatic carbocycles. The fourth-order valence-corrected chi connectivity index (χ4v) is 3.25. The van der Waals surface area contributed by atoms with Crippen LogP contribution in [0.4, 0.5) is 0 Å². The first-order valence-corrected chi connectivity index (χ1v) is 11.1. The number of hydrogen-bond donors (Lipinski definition) is 0. The molecule has 0 amide bonds. The number of halogens is 1. The number of hydrogen-bond acceptors (Lipinski definition) is 3. The van der Waals surface area contributed by atoms with Gasteiger partial charge in [0.05, 0.1) is 11.9 Å². The summed E-state index contributed by atoms with van der Waals surface area (Å²) in [6.45, 7) is 10.8. The Balaban J connectivity index is 1.55. The molecular formula is C27H30ClN3O. The van der Waals surface area contributed by atoms with Gasteiger partial charge in [-0.2, -0.15) is 0 Å². The van der Waals surface area contributed by atoms with Crippen molar-refractivity contribution in [2.75, 3.05) is 0 Å². The van der Waals surface area contributed by atoms with Gasteiger partial charge in [-0.15, -0.1) is 11.7 Å². The van der Waals surface area contributed by atoms with Crippen molar-refractivity contribution in [2.24, 2.45) is 5.41 Å². The van der Waals surface area contributed by atoms with Gasteiger partial charge in [0.1, 0.15) is 18.1 Å². The van der Waals surface area contributed by atoms with Crippen molar-refractivity contribution in [3.8, 4) is 11.4 Å². The van der Waals surface area contributed by atoms with Crippen molar-refractivity contribution in [1.82, 2.24) is 15.0 Å². The van der Waals surface area contributed by atoms with Gasteiger partial charge in [0.2, 0.25) is 0 Å². The summed E-state index contributed by atoms with van der Waals surface area (Å²) in [5.74, 6) is 0.790. The molecule has 0 saturated carbocycles. The average Bonchev–Trinajstić information content (AvgIpc) is 3.26. The number of benzene rings is 2. The number of allylic oxidation sites excluding steroid dienone is 4. The zero-order valence-electron chi connectivity index (χ0n) is 19.0. The second kappa shape index (κ2) is 11.0. The zero-order valence-corrected chi connectivity index (χ0v) is 19.7. The van der Waals surface area contributed by atoms with Crippen molar-refractivity contribution < 1.29 is 4.74 Å². The van der Waals surface area contributed by atoms with Gasteiger partial charge in [0.25, 0.3) is 0 Å². The predicted molar refractivity (Wildman–Crippen MR) is 133 cm³/mol. The molecule has 1 heterocycles. The van der Waals surface area contributed by atoms with Gasteiger partial charge in [0, 0.05) is 10.4 Å². The summed E-state index contributed by atoms with van der Waals surface area (Å²) in [5, 5.41) is 9.02. The molecule has 32 heavy (non-hydrogen) atoms. The van der Waals surface area contributed by atoms with E-state index in [9.17, 15) is 0 Å². The third kappa shape index (κ3) is 6.96. The molecule has 0 unspecified atom stereocenters. The van der Waals surface area contributed by atoms with Gasteiger partial charge in [-0.05, 0) is 68.7 Å². The number of ether oxygens (including phenoxy) is 1. The molecule has 0 spiro atoms. The Morgan fingerprint density at radius 1 is 1.12 bits per heavy atom. The Hall–Kier alpha value is -3.11. The Morgan fingerprint density at radius 3 is 2.50 bits per heavy atom. The van der Waals surface area contributed by atoms with E-state index in [0.29, 0.717) is 11.6 Å². The zero-order chi connectivity index (χ0) is 23.0. The monoisotopic (exact) mass is 447 g/mol. The number of aromatic nitrogens is 3. The van der Waals surface area contributed by atoms with E-state index in [4.69, 9.17) is 16.3 Å². The maximum absolute atomic E-state index is 5.94. The van der Waals surface area contributed by atoms with Gasteiger partial charge in [0.15, 0.2) is 0 Å². The maximum Gasteiger partial charge on any atom is 0.134 e. The molecule has 0 fully saturated rings. The second-order valence-corrected chi connectivity index (χ2v) is 8.79. The van der Waals surface area contributed by atoms with Crippen LogP contribution in [0.25, 0.3) is 11.8 Å². The van der Waals surface area contributed by atoms with Gasteiger partial charge in [-0.3, -0.25) is 0 Å². The van der Waals surface area contributed by atoms with Crippen LogP contribution in [0.3, 0.4) is 0 Å². The molecule has 0 aliphatic rings. The van der Waals surface area contributed by atoms with Crippen LogP contribution in [-0.2, 0) is 6.61 Å². The van der Waals surface area contributed by atoms with Crippen LogP contribution >= 0.6 is 11.6 Å². The molecule has 1 atom stereocenters. The van der Waals surface area contributed by atoms with Crippen molar-refractivity contribution in [3.63, 3.8) is 0 Å². The van der Waals surface area contributed by atoms with Gasteiger partial charge >= 0.3 is 0 Å². The first-order chi connectivity index (χ1) is 15.4. The van der Waals surface area contributed by atoms with Crippen LogP contribution in [0.15, 0.2) is 85.1 Å². The summed E-state index contributed by atoms with van der Waals surface area (Å²) in [6, 6.07) is 15.5. The van der Waals surface area contributed by atoms with Crippen LogP contribution < -0.4 is 4.74 Å². The Kier molecular flexibility index (Phi) is 8.07. The first-order valence-electron chi connectivity index (χ1n) is 10.7. The largest absolute Gasteiger partial charge is 0.487 e. The lowest BCUT2D eigenvalue weighted by atomic mass is 9.84. The Morgan fingerprint density at radius 2 is 1.84 bits per heavy atom. The smallest absolute Gasteiger partial charge is 0.134 e. The van der Waals surface area contributed by atoms with Gasteiger partial charge < -0.3 is 4.74 Å². The average molecular weight is 448 g/mol. The summed E-state index contributed by atoms with van der Waals surface area (Å²) in [7, 11) is 0. The lowest BCUT2D eigenvalue weighted by Gasteiger charge is -2.20. The Bertz CT molecular complexity index is 1080. The third-order valence-electron chi connectivity index (χ3n) is 5.26. The quantitative estimate of drug-likeness (QED) is 0.303. The number of rotatable bonds is 10. The van der Waals surface area contributed by atoms with E-state index in [1.807, 2.05) is 48.7 Å². The molecule has 4 nitrogen and oxygen atoms in total. The van der Waals surface area contributed by atoms with E-state index >= 15 is 0 Å². The summed E-state index contributed by atoms with van der Waals surface area (Å²) < 4.78 is 7.58. The molecule has 0 bridgehead atoms. The van der Waals surface area contributed by atoms with Crippen LogP contribution in [0.2, 0.25) is 5.02 Å². The highest BCUT2D eigenvalue weighted by Gasteiger charge is 2.15. The van der Waals surface area contributed by atoms with Crippen LogP contribution in [0, 0.1) is 5.41 Å². The topological polar surface area (TPSA) is 39.9 Å². The SMILES string of the molecule is C=C[C@@](C)(/C=C/c1ccc(OCc2cn(-c3ccc(Cl)cc3)nn2)cc1)CCC=C(C)C. The summed E-state index contributed by atoms with van der Waals surface area (Å²) >= 11 is 5.94. The van der Waals surface area contributed by atoms with E-state index in [0.717, 1.165) is 35.5 Å². The normalized spacial score (nSPS) is 13.0. The molecule has 3 aromatic rings. The molecule has 2 aromatic carbocycles. The van der Waals surface area contributed by atoms with Crippen molar-refractivity contribution in [3.05, 3.63) is 101 Å². The van der Waals surface area contributed by atoms with Crippen LogP contribution in [-0.4, -0.2) is 15.0 Å². The fourth-order valence-electron chi connectivity index (χ4n) is 3.13. The van der Waals surface area contributed by atoms with Crippen molar-refractivity contribution in [2.45, 2.75) is 40.2 Å². The highest BCUT2D eigenvalue weighted by molar-refractivity contribution is 6.30. The maximum atomic E-state index is 5.94. The standard InChI is InChI=1S/C27H30ClN3O/c1-5-27(4,17-6-7-21(2)3)18-16-22-8-14-26(15-9-22)32-20-24-19-31(30-29-24)25-12-10-23(28)11-13-25/h5,7-16,18-19H,1,6,17,20H2,2-4H3/b18-16+/t27-/m1/s1. The van der Waals surface area contributed by atoms with E-state index in [2.05, 4.69) is 68.0 Å². The molecule has 0 aliphatic heterocycles. The first kappa shape index (κ1) is 23.6. The summed E-state index contributed by atoms with van der Waals surface area (Å²) in [4.78, 5) is 0. The summed E-state index contributed by atoms with van der Waals surface area (Å²) in [5.41, 5.74) is 4.10.